The molecular formula is C21H23N3O2. The van der Waals surface area contributed by atoms with Crippen molar-refractivity contribution in [1.82, 2.24) is 9.88 Å². The Labute approximate surface area is 153 Å². The molecule has 5 heteroatoms. The van der Waals surface area contributed by atoms with Crippen LogP contribution in [0.1, 0.15) is 0 Å². The Bertz CT molecular complexity index is 905. The van der Waals surface area contributed by atoms with Crippen molar-refractivity contribution in [2.75, 3.05) is 45.2 Å². The molecule has 2 aromatic carbocycles. The van der Waals surface area contributed by atoms with Crippen LogP contribution in [0.25, 0.3) is 10.8 Å². The summed E-state index contributed by atoms with van der Waals surface area (Å²) >= 11 is 0. The zero-order chi connectivity index (χ0) is 17.9. The van der Waals surface area contributed by atoms with Crippen LogP contribution in [-0.4, -0.2) is 50.2 Å². The van der Waals surface area contributed by atoms with E-state index in [2.05, 4.69) is 40.0 Å². The average molecular weight is 349 g/mol. The first-order valence-corrected chi connectivity index (χ1v) is 8.88. The van der Waals surface area contributed by atoms with Crippen molar-refractivity contribution in [3.05, 3.63) is 54.7 Å². The third-order valence-electron chi connectivity index (χ3n) is 4.86. The van der Waals surface area contributed by atoms with E-state index < -0.39 is 0 Å². The van der Waals surface area contributed by atoms with Crippen LogP contribution in [0, 0.1) is 0 Å². The molecule has 0 aliphatic carbocycles. The average Bonchev–Trinajstić information content (AvgIpc) is 2.69. The number of hydrogen-bond acceptors (Lipinski definition) is 5. The van der Waals surface area contributed by atoms with Gasteiger partial charge >= 0.3 is 0 Å². The first-order valence-electron chi connectivity index (χ1n) is 8.88. The number of anilines is 1. The topological polar surface area (TPSA) is 37.8 Å². The Balaban J connectivity index is 1.65. The molecular weight excluding hydrogens is 326 g/mol. The van der Waals surface area contributed by atoms with Crippen molar-refractivity contribution in [2.24, 2.45) is 0 Å². The lowest BCUT2D eigenvalue weighted by atomic mass is 10.1. The Morgan fingerprint density at radius 3 is 2.46 bits per heavy atom. The minimum Gasteiger partial charge on any atom is -0.493 e. The lowest BCUT2D eigenvalue weighted by Gasteiger charge is -2.34. The highest BCUT2D eigenvalue weighted by atomic mass is 16.5. The highest BCUT2D eigenvalue weighted by molar-refractivity contribution is 5.89. The minimum absolute atomic E-state index is 0.594. The van der Waals surface area contributed by atoms with Crippen LogP contribution in [0.2, 0.25) is 0 Å². The van der Waals surface area contributed by atoms with Crippen molar-refractivity contribution in [3.8, 4) is 17.4 Å². The SMILES string of the molecule is COc1ccccc1Oc1nccc2cc(N3CCN(C)CC3)ccc12. The first-order chi connectivity index (χ1) is 12.7. The molecule has 4 rings (SSSR count). The van der Waals surface area contributed by atoms with Gasteiger partial charge < -0.3 is 19.3 Å². The molecule has 0 bridgehead atoms. The molecule has 0 spiro atoms. The fourth-order valence-corrected chi connectivity index (χ4v) is 3.29. The van der Waals surface area contributed by atoms with E-state index in [1.54, 1.807) is 13.3 Å². The van der Waals surface area contributed by atoms with Gasteiger partial charge in [0.2, 0.25) is 5.88 Å². The molecule has 1 aromatic heterocycles. The van der Waals surface area contributed by atoms with E-state index in [1.165, 1.54) is 5.69 Å². The largest absolute Gasteiger partial charge is 0.493 e. The molecule has 3 aromatic rings. The van der Waals surface area contributed by atoms with Crippen LogP contribution < -0.4 is 14.4 Å². The molecule has 134 valence electrons. The standard InChI is InChI=1S/C21H23N3O2/c1-23-11-13-24(14-12-23)17-7-8-18-16(15-17)9-10-22-21(18)26-20-6-4-3-5-19(20)25-2/h3-10,15H,11-14H2,1-2H3. The molecule has 0 unspecified atom stereocenters. The summed E-state index contributed by atoms with van der Waals surface area (Å²) in [6.07, 6.45) is 1.79. The van der Waals surface area contributed by atoms with E-state index in [4.69, 9.17) is 9.47 Å². The van der Waals surface area contributed by atoms with Crippen molar-refractivity contribution >= 4 is 16.5 Å². The first kappa shape index (κ1) is 16.7. The van der Waals surface area contributed by atoms with Crippen LogP contribution in [0.4, 0.5) is 5.69 Å². The highest BCUT2D eigenvalue weighted by Crippen LogP contribution is 2.34. The predicted octanol–water partition coefficient (Wildman–Crippen LogP) is 3.79. The second kappa shape index (κ2) is 7.22. The smallest absolute Gasteiger partial charge is 0.227 e. The van der Waals surface area contributed by atoms with Crippen LogP contribution in [0.3, 0.4) is 0 Å². The molecule has 0 radical (unpaired) electrons. The van der Waals surface area contributed by atoms with Gasteiger partial charge in [-0.25, -0.2) is 4.98 Å². The van der Waals surface area contributed by atoms with E-state index in [1.807, 2.05) is 30.3 Å². The Morgan fingerprint density at radius 2 is 1.69 bits per heavy atom. The fourth-order valence-electron chi connectivity index (χ4n) is 3.29. The van der Waals surface area contributed by atoms with Gasteiger partial charge in [-0.1, -0.05) is 12.1 Å². The summed E-state index contributed by atoms with van der Waals surface area (Å²) in [6, 6.07) is 16.1. The number of aromatic nitrogens is 1. The van der Waals surface area contributed by atoms with Crippen molar-refractivity contribution in [2.45, 2.75) is 0 Å². The number of para-hydroxylation sites is 2. The zero-order valence-corrected chi connectivity index (χ0v) is 15.2. The van der Waals surface area contributed by atoms with Gasteiger partial charge in [0.1, 0.15) is 0 Å². The summed E-state index contributed by atoms with van der Waals surface area (Å²) in [4.78, 5) is 9.22. The summed E-state index contributed by atoms with van der Waals surface area (Å²) < 4.78 is 11.4. The molecule has 26 heavy (non-hydrogen) atoms. The van der Waals surface area contributed by atoms with E-state index >= 15 is 0 Å². The van der Waals surface area contributed by atoms with Gasteiger partial charge in [0.25, 0.3) is 0 Å². The number of hydrogen-bond donors (Lipinski definition) is 0. The second-order valence-corrected chi connectivity index (χ2v) is 6.56. The zero-order valence-electron chi connectivity index (χ0n) is 15.2. The van der Waals surface area contributed by atoms with Crippen LogP contribution >= 0.6 is 0 Å². The molecule has 0 atom stereocenters. The third-order valence-corrected chi connectivity index (χ3v) is 4.86. The summed E-state index contributed by atoms with van der Waals surface area (Å²) in [6.45, 7) is 4.29. The number of pyridine rings is 1. The highest BCUT2D eigenvalue weighted by Gasteiger charge is 2.15. The van der Waals surface area contributed by atoms with Crippen molar-refractivity contribution in [3.63, 3.8) is 0 Å². The molecule has 1 fully saturated rings. The van der Waals surface area contributed by atoms with E-state index in [0.29, 0.717) is 17.4 Å². The van der Waals surface area contributed by atoms with Crippen LogP contribution in [-0.2, 0) is 0 Å². The van der Waals surface area contributed by atoms with Crippen LogP contribution in [0.15, 0.2) is 54.7 Å². The molecule has 0 amide bonds. The summed E-state index contributed by atoms with van der Waals surface area (Å²) in [7, 11) is 3.81. The van der Waals surface area contributed by atoms with Crippen molar-refractivity contribution < 1.29 is 9.47 Å². The predicted molar refractivity (Wildman–Crippen MR) is 105 cm³/mol. The lowest BCUT2D eigenvalue weighted by Crippen LogP contribution is -2.44. The summed E-state index contributed by atoms with van der Waals surface area (Å²) in [5, 5.41) is 2.12. The van der Waals surface area contributed by atoms with Gasteiger partial charge in [0.05, 0.1) is 7.11 Å². The normalized spacial score (nSPS) is 15.2. The minimum atomic E-state index is 0.594. The lowest BCUT2D eigenvalue weighted by molar-refractivity contribution is 0.313. The second-order valence-electron chi connectivity index (χ2n) is 6.56. The van der Waals surface area contributed by atoms with Gasteiger partial charge in [-0.05, 0) is 48.8 Å². The number of ether oxygens (including phenoxy) is 2. The summed E-state index contributed by atoms with van der Waals surface area (Å²) in [5.74, 6) is 1.95. The fraction of sp³-hybridized carbons (Fsp3) is 0.286. The van der Waals surface area contributed by atoms with Gasteiger partial charge in [0.15, 0.2) is 11.5 Å². The molecule has 0 saturated carbocycles. The Kier molecular flexibility index (Phi) is 4.63. The molecule has 0 N–H and O–H groups in total. The summed E-state index contributed by atoms with van der Waals surface area (Å²) in [5.41, 5.74) is 1.25. The Morgan fingerprint density at radius 1 is 0.923 bits per heavy atom. The third kappa shape index (κ3) is 3.30. The van der Waals surface area contributed by atoms with Crippen molar-refractivity contribution in [1.29, 1.82) is 0 Å². The monoisotopic (exact) mass is 349 g/mol. The molecule has 5 nitrogen and oxygen atoms in total. The van der Waals surface area contributed by atoms with Gasteiger partial charge in [-0.15, -0.1) is 0 Å². The number of nitrogens with zero attached hydrogens (tertiary/aromatic N) is 3. The number of rotatable bonds is 4. The van der Waals surface area contributed by atoms with Gasteiger partial charge in [-0.2, -0.15) is 0 Å². The number of likely N-dealkylation sites (N-methyl/N-ethyl adjacent to an activating group) is 1. The number of benzene rings is 2. The Hall–Kier alpha value is -2.79. The maximum Gasteiger partial charge on any atom is 0.227 e. The van der Waals surface area contributed by atoms with E-state index in [0.717, 1.165) is 37.0 Å². The molecule has 1 aliphatic heterocycles. The maximum absolute atomic E-state index is 6.06. The van der Waals surface area contributed by atoms with E-state index in [-0.39, 0.29) is 0 Å². The van der Waals surface area contributed by atoms with Gasteiger partial charge in [-0.3, -0.25) is 0 Å². The number of methoxy groups -OCH3 is 1. The number of fused-ring (bicyclic) bond motifs is 1. The van der Waals surface area contributed by atoms with Gasteiger partial charge in [0, 0.05) is 43.4 Å². The van der Waals surface area contributed by atoms with E-state index in [9.17, 15) is 0 Å². The number of piperazine rings is 1. The molecule has 1 aliphatic rings. The molecule has 2 heterocycles. The van der Waals surface area contributed by atoms with Crippen LogP contribution in [0.5, 0.6) is 17.4 Å². The maximum atomic E-state index is 6.06. The molecule has 1 saturated heterocycles. The quantitative estimate of drug-likeness (QED) is 0.716.